The van der Waals surface area contributed by atoms with Crippen molar-refractivity contribution in [2.45, 2.75) is 23.8 Å². The molecular weight excluding hydrogens is 380 g/mol. The number of carbonyl (C=O) groups is 2. The van der Waals surface area contributed by atoms with Crippen LogP contribution in [-0.2, 0) is 14.8 Å². The van der Waals surface area contributed by atoms with E-state index >= 15 is 0 Å². The van der Waals surface area contributed by atoms with Gasteiger partial charge in [-0.1, -0.05) is 30.3 Å². The van der Waals surface area contributed by atoms with Crippen LogP contribution >= 0.6 is 0 Å². The van der Waals surface area contributed by atoms with Gasteiger partial charge in [-0.3, -0.25) is 15.0 Å². The van der Waals surface area contributed by atoms with E-state index in [2.05, 4.69) is 10.9 Å². The van der Waals surface area contributed by atoms with Gasteiger partial charge in [0.05, 0.1) is 4.90 Å². The lowest BCUT2D eigenvalue weighted by atomic mass is 10.1. The third-order valence-corrected chi connectivity index (χ3v) is 6.48. The Kier molecular flexibility index (Phi) is 6.08. The zero-order valence-electron chi connectivity index (χ0n) is 15.2. The van der Waals surface area contributed by atoms with Crippen LogP contribution in [0.2, 0.25) is 0 Å². The molecule has 1 aliphatic rings. The summed E-state index contributed by atoms with van der Waals surface area (Å²) in [4.78, 5) is 24.2. The van der Waals surface area contributed by atoms with Crippen molar-refractivity contribution in [1.29, 1.82) is 0 Å². The maximum atomic E-state index is 12.5. The van der Waals surface area contributed by atoms with Crippen molar-refractivity contribution in [3.05, 3.63) is 65.7 Å². The second kappa shape index (κ2) is 8.51. The predicted molar refractivity (Wildman–Crippen MR) is 103 cm³/mol. The molecule has 3 rings (SSSR count). The molecule has 8 nitrogen and oxygen atoms in total. The van der Waals surface area contributed by atoms with Crippen molar-refractivity contribution in [2.24, 2.45) is 5.73 Å². The van der Waals surface area contributed by atoms with E-state index in [1.54, 1.807) is 30.3 Å². The fourth-order valence-corrected chi connectivity index (χ4v) is 4.55. The van der Waals surface area contributed by atoms with Gasteiger partial charge < -0.3 is 5.73 Å². The van der Waals surface area contributed by atoms with E-state index in [4.69, 9.17) is 5.73 Å². The number of primary amides is 1. The molecule has 4 N–H and O–H groups in total. The maximum absolute atomic E-state index is 12.5. The summed E-state index contributed by atoms with van der Waals surface area (Å²) < 4.78 is 26.5. The average molecular weight is 402 g/mol. The molecule has 2 amide bonds. The van der Waals surface area contributed by atoms with Gasteiger partial charge in [0.15, 0.2) is 0 Å². The number of hydrogen-bond donors (Lipinski definition) is 3. The molecule has 0 unspecified atom stereocenters. The van der Waals surface area contributed by atoms with E-state index in [0.717, 1.165) is 12.8 Å². The first kappa shape index (κ1) is 20.0. The van der Waals surface area contributed by atoms with Gasteiger partial charge in [0.25, 0.3) is 5.91 Å². The molecule has 2 aromatic carbocycles. The van der Waals surface area contributed by atoms with Crippen LogP contribution in [-0.4, -0.2) is 37.6 Å². The van der Waals surface area contributed by atoms with Crippen LogP contribution < -0.4 is 16.6 Å². The van der Waals surface area contributed by atoms with Gasteiger partial charge in [-0.25, -0.2) is 13.8 Å². The first-order chi connectivity index (χ1) is 13.4. The van der Waals surface area contributed by atoms with Crippen molar-refractivity contribution >= 4 is 21.8 Å². The number of amides is 2. The molecule has 1 heterocycles. The second-order valence-corrected chi connectivity index (χ2v) is 8.42. The van der Waals surface area contributed by atoms with Crippen molar-refractivity contribution in [3.63, 3.8) is 0 Å². The van der Waals surface area contributed by atoms with Crippen molar-refractivity contribution < 1.29 is 18.0 Å². The van der Waals surface area contributed by atoms with Gasteiger partial charge in [0.1, 0.15) is 6.04 Å². The molecule has 0 saturated carbocycles. The molecule has 1 fully saturated rings. The van der Waals surface area contributed by atoms with Crippen LogP contribution in [0.25, 0.3) is 0 Å². The van der Waals surface area contributed by atoms with E-state index in [1.807, 2.05) is 0 Å². The third kappa shape index (κ3) is 4.38. The topological polar surface area (TPSA) is 122 Å². The highest BCUT2D eigenvalue weighted by Gasteiger charge is 2.27. The summed E-state index contributed by atoms with van der Waals surface area (Å²) in [6.07, 6.45) is 1.71. The van der Waals surface area contributed by atoms with Crippen molar-refractivity contribution in [2.75, 3.05) is 13.1 Å². The molecule has 9 heteroatoms. The maximum Gasteiger partial charge on any atom is 0.265 e. The lowest BCUT2D eigenvalue weighted by molar-refractivity contribution is -0.120. The van der Waals surface area contributed by atoms with E-state index in [1.165, 1.54) is 28.6 Å². The molecule has 0 spiro atoms. The Balaban J connectivity index is 1.67. The van der Waals surface area contributed by atoms with Gasteiger partial charge >= 0.3 is 0 Å². The number of benzene rings is 2. The lowest BCUT2D eigenvalue weighted by Crippen LogP contribution is -2.45. The van der Waals surface area contributed by atoms with E-state index in [9.17, 15) is 18.0 Å². The van der Waals surface area contributed by atoms with Gasteiger partial charge in [-0.2, -0.15) is 4.31 Å². The number of carbonyl (C=O) groups excluding carboxylic acids is 2. The number of hydrazine groups is 1. The SMILES string of the molecule is NC(=O)[C@@H](NNC(=O)c1ccc(S(=O)(=O)N2CCCC2)cc1)c1ccccc1. The second-order valence-electron chi connectivity index (χ2n) is 6.48. The Labute approximate surface area is 163 Å². The summed E-state index contributed by atoms with van der Waals surface area (Å²) in [5.41, 5.74) is 11.3. The molecule has 1 aliphatic heterocycles. The quantitative estimate of drug-likeness (QED) is 0.595. The van der Waals surface area contributed by atoms with Crippen LogP contribution in [0.3, 0.4) is 0 Å². The molecular formula is C19H22N4O4S. The van der Waals surface area contributed by atoms with E-state index in [0.29, 0.717) is 18.7 Å². The normalized spacial score (nSPS) is 15.9. The van der Waals surface area contributed by atoms with Crippen molar-refractivity contribution in [3.8, 4) is 0 Å². The minimum absolute atomic E-state index is 0.151. The number of rotatable bonds is 7. The predicted octanol–water partition coefficient (Wildman–Crippen LogP) is 0.932. The molecule has 28 heavy (non-hydrogen) atoms. The van der Waals surface area contributed by atoms with Crippen LogP contribution in [0.5, 0.6) is 0 Å². The molecule has 148 valence electrons. The van der Waals surface area contributed by atoms with Crippen LogP contribution in [0.15, 0.2) is 59.5 Å². The summed E-state index contributed by atoms with van der Waals surface area (Å²) in [6.45, 7) is 1.03. The van der Waals surface area contributed by atoms with Gasteiger partial charge in [0.2, 0.25) is 15.9 Å². The van der Waals surface area contributed by atoms with Gasteiger partial charge in [0, 0.05) is 18.7 Å². The number of sulfonamides is 1. The Morgan fingerprint density at radius 1 is 0.964 bits per heavy atom. The monoisotopic (exact) mass is 402 g/mol. The fraction of sp³-hybridized carbons (Fsp3) is 0.263. The minimum Gasteiger partial charge on any atom is -0.368 e. The number of hydrogen-bond acceptors (Lipinski definition) is 5. The fourth-order valence-electron chi connectivity index (χ4n) is 3.03. The highest BCUT2D eigenvalue weighted by molar-refractivity contribution is 7.89. The molecule has 2 aromatic rings. The molecule has 1 saturated heterocycles. The lowest BCUT2D eigenvalue weighted by Gasteiger charge is -2.17. The highest BCUT2D eigenvalue weighted by atomic mass is 32.2. The molecule has 0 bridgehead atoms. The molecule has 0 aromatic heterocycles. The van der Waals surface area contributed by atoms with E-state index in [-0.39, 0.29) is 10.5 Å². The largest absolute Gasteiger partial charge is 0.368 e. The number of nitrogens with two attached hydrogens (primary N) is 1. The Morgan fingerprint density at radius 2 is 1.57 bits per heavy atom. The zero-order chi connectivity index (χ0) is 20.1. The average Bonchev–Trinajstić information content (AvgIpc) is 3.24. The van der Waals surface area contributed by atoms with Crippen LogP contribution in [0, 0.1) is 0 Å². The summed E-state index contributed by atoms with van der Waals surface area (Å²) >= 11 is 0. The Bertz CT molecular complexity index is 940. The summed E-state index contributed by atoms with van der Waals surface area (Å²) in [6, 6.07) is 13.5. The first-order valence-electron chi connectivity index (χ1n) is 8.90. The van der Waals surface area contributed by atoms with Gasteiger partial charge in [-0.05, 0) is 42.7 Å². The molecule has 0 aliphatic carbocycles. The summed E-state index contributed by atoms with van der Waals surface area (Å²) in [7, 11) is -3.53. The Morgan fingerprint density at radius 3 is 2.14 bits per heavy atom. The Hall–Kier alpha value is -2.75. The third-order valence-electron chi connectivity index (χ3n) is 4.57. The van der Waals surface area contributed by atoms with Crippen LogP contribution in [0.4, 0.5) is 0 Å². The number of nitrogens with one attached hydrogen (secondary N) is 2. The first-order valence-corrected chi connectivity index (χ1v) is 10.3. The zero-order valence-corrected chi connectivity index (χ0v) is 16.0. The summed E-state index contributed by atoms with van der Waals surface area (Å²) in [5, 5.41) is 0. The molecule has 0 radical (unpaired) electrons. The number of nitrogens with zero attached hydrogens (tertiary/aromatic N) is 1. The highest BCUT2D eigenvalue weighted by Crippen LogP contribution is 2.21. The van der Waals surface area contributed by atoms with Gasteiger partial charge in [-0.15, -0.1) is 0 Å². The standard InChI is InChI=1S/C19H22N4O4S/c20-18(24)17(14-6-2-1-3-7-14)21-22-19(25)15-8-10-16(11-9-15)28(26,27)23-12-4-5-13-23/h1-3,6-11,17,21H,4-5,12-13H2,(H2,20,24)(H,22,25)/t17-/m0/s1. The van der Waals surface area contributed by atoms with E-state index < -0.39 is 27.9 Å². The molecule has 1 atom stereocenters. The van der Waals surface area contributed by atoms with Crippen LogP contribution in [0.1, 0.15) is 34.8 Å². The minimum atomic E-state index is -3.53. The smallest absolute Gasteiger partial charge is 0.265 e. The summed E-state index contributed by atoms with van der Waals surface area (Å²) in [5.74, 6) is -1.15. The van der Waals surface area contributed by atoms with Crippen molar-refractivity contribution in [1.82, 2.24) is 15.2 Å².